The third-order valence-corrected chi connectivity index (χ3v) is 6.60. The Balaban J connectivity index is 0.00000320. The van der Waals surface area contributed by atoms with Crippen molar-refractivity contribution in [1.29, 1.82) is 0 Å². The number of guanidine groups is 1. The molecule has 3 rings (SSSR count). The first-order valence-corrected chi connectivity index (χ1v) is 11.2. The fourth-order valence-electron chi connectivity index (χ4n) is 3.29. The SMILES string of the molecule is CN=C(NCc1ccc(CS(=O)(=O)NC)cc1)NCC1(c2ccccc2F)CC1.I. The van der Waals surface area contributed by atoms with Crippen molar-refractivity contribution >= 4 is 40.0 Å². The van der Waals surface area contributed by atoms with E-state index in [0.29, 0.717) is 19.0 Å². The van der Waals surface area contributed by atoms with Gasteiger partial charge in [-0.15, -0.1) is 24.0 Å². The Bertz CT molecular complexity index is 977. The molecule has 0 amide bonds. The molecule has 0 bridgehead atoms. The number of aliphatic imine (C=N–C) groups is 1. The maximum Gasteiger partial charge on any atom is 0.215 e. The lowest BCUT2D eigenvalue weighted by Gasteiger charge is -2.19. The molecule has 1 saturated carbocycles. The van der Waals surface area contributed by atoms with Crippen LogP contribution in [0.2, 0.25) is 0 Å². The Hall–Kier alpha value is -1.72. The van der Waals surface area contributed by atoms with Crippen LogP contribution < -0.4 is 15.4 Å². The predicted molar refractivity (Wildman–Crippen MR) is 129 cm³/mol. The summed E-state index contributed by atoms with van der Waals surface area (Å²) in [5.74, 6) is 0.447. The molecule has 0 atom stereocenters. The first-order chi connectivity index (χ1) is 13.9. The Morgan fingerprint density at radius 3 is 2.27 bits per heavy atom. The number of sulfonamides is 1. The lowest BCUT2D eigenvalue weighted by molar-refractivity contribution is 0.559. The summed E-state index contributed by atoms with van der Waals surface area (Å²) < 4.78 is 39.7. The standard InChI is InChI=1S/C21H27FN4O2S.HI/c1-23-20(26-15-21(11-12-21)18-5-3-4-6-19(18)22)25-13-16-7-9-17(10-8-16)14-29(27,28)24-2;/h3-10,24H,11-15H2,1-2H3,(H2,23,25,26);1H. The van der Waals surface area contributed by atoms with Gasteiger partial charge in [-0.2, -0.15) is 0 Å². The summed E-state index contributed by atoms with van der Waals surface area (Å²) in [7, 11) is -0.173. The molecule has 30 heavy (non-hydrogen) atoms. The minimum Gasteiger partial charge on any atom is -0.356 e. The van der Waals surface area contributed by atoms with Crippen molar-refractivity contribution in [3.63, 3.8) is 0 Å². The molecular formula is C21H28FIN4O2S. The van der Waals surface area contributed by atoms with Crippen molar-refractivity contribution in [1.82, 2.24) is 15.4 Å². The van der Waals surface area contributed by atoms with Gasteiger partial charge in [0.15, 0.2) is 5.96 Å². The summed E-state index contributed by atoms with van der Waals surface area (Å²) >= 11 is 0. The van der Waals surface area contributed by atoms with Crippen LogP contribution in [-0.4, -0.2) is 35.0 Å². The van der Waals surface area contributed by atoms with Gasteiger partial charge in [0.05, 0.1) is 5.75 Å². The maximum atomic E-state index is 14.1. The molecule has 2 aromatic rings. The van der Waals surface area contributed by atoms with Gasteiger partial charge in [-0.05, 0) is 42.6 Å². The van der Waals surface area contributed by atoms with Gasteiger partial charge in [0, 0.05) is 25.6 Å². The summed E-state index contributed by atoms with van der Waals surface area (Å²) in [5.41, 5.74) is 2.33. The van der Waals surface area contributed by atoms with Gasteiger partial charge in [0.1, 0.15) is 5.82 Å². The van der Waals surface area contributed by atoms with Crippen LogP contribution in [0.25, 0.3) is 0 Å². The zero-order valence-corrected chi connectivity index (χ0v) is 20.3. The molecule has 1 aliphatic rings. The fourth-order valence-corrected chi connectivity index (χ4v) is 4.06. The molecule has 0 radical (unpaired) electrons. The van der Waals surface area contributed by atoms with Crippen molar-refractivity contribution in [2.45, 2.75) is 30.6 Å². The maximum absolute atomic E-state index is 14.1. The van der Waals surface area contributed by atoms with E-state index in [2.05, 4.69) is 20.3 Å². The molecule has 9 heteroatoms. The van der Waals surface area contributed by atoms with Gasteiger partial charge >= 0.3 is 0 Å². The van der Waals surface area contributed by atoms with Crippen LogP contribution in [0.1, 0.15) is 29.5 Å². The number of nitrogens with one attached hydrogen (secondary N) is 3. The summed E-state index contributed by atoms with van der Waals surface area (Å²) in [6.07, 6.45) is 1.91. The molecule has 2 aromatic carbocycles. The highest BCUT2D eigenvalue weighted by Gasteiger charge is 2.45. The van der Waals surface area contributed by atoms with Crippen molar-refractivity contribution < 1.29 is 12.8 Å². The van der Waals surface area contributed by atoms with Crippen LogP contribution in [0.4, 0.5) is 4.39 Å². The first-order valence-electron chi connectivity index (χ1n) is 9.56. The van der Waals surface area contributed by atoms with Crippen LogP contribution in [-0.2, 0) is 27.7 Å². The van der Waals surface area contributed by atoms with E-state index in [4.69, 9.17) is 0 Å². The Morgan fingerprint density at radius 2 is 1.70 bits per heavy atom. The molecule has 0 aromatic heterocycles. The monoisotopic (exact) mass is 546 g/mol. The normalized spacial score (nSPS) is 15.2. The van der Waals surface area contributed by atoms with Crippen LogP contribution in [0, 0.1) is 5.82 Å². The largest absolute Gasteiger partial charge is 0.356 e. The van der Waals surface area contributed by atoms with E-state index >= 15 is 0 Å². The fraction of sp³-hybridized carbons (Fsp3) is 0.381. The molecule has 0 aliphatic heterocycles. The minimum atomic E-state index is -3.28. The zero-order valence-electron chi connectivity index (χ0n) is 17.1. The topological polar surface area (TPSA) is 82.6 Å². The third-order valence-electron chi connectivity index (χ3n) is 5.27. The van der Waals surface area contributed by atoms with Crippen LogP contribution in [0.15, 0.2) is 53.5 Å². The van der Waals surface area contributed by atoms with Gasteiger partial charge in [0.25, 0.3) is 0 Å². The third kappa shape index (κ3) is 6.39. The zero-order chi connectivity index (χ0) is 20.9. The average Bonchev–Trinajstić information content (AvgIpc) is 3.50. The average molecular weight is 546 g/mol. The predicted octanol–water partition coefficient (Wildman–Crippen LogP) is 2.89. The summed E-state index contributed by atoms with van der Waals surface area (Å²) in [6, 6.07) is 14.3. The lowest BCUT2D eigenvalue weighted by atomic mass is 9.95. The number of hydrogen-bond donors (Lipinski definition) is 3. The highest BCUT2D eigenvalue weighted by Crippen LogP contribution is 2.48. The smallest absolute Gasteiger partial charge is 0.215 e. The molecule has 0 saturated heterocycles. The van der Waals surface area contributed by atoms with Gasteiger partial charge in [-0.25, -0.2) is 17.5 Å². The molecule has 6 nitrogen and oxygen atoms in total. The van der Waals surface area contributed by atoms with Gasteiger partial charge in [-0.1, -0.05) is 42.5 Å². The number of halogens is 2. The van der Waals surface area contributed by atoms with Crippen molar-refractivity contribution in [3.05, 3.63) is 71.0 Å². The molecule has 164 valence electrons. The minimum absolute atomic E-state index is 0. The molecular weight excluding hydrogens is 518 g/mol. The van der Waals surface area contributed by atoms with Gasteiger partial charge in [-0.3, -0.25) is 4.99 Å². The number of nitrogens with zero attached hydrogens (tertiary/aromatic N) is 1. The van der Waals surface area contributed by atoms with Crippen LogP contribution in [0.3, 0.4) is 0 Å². The van der Waals surface area contributed by atoms with Crippen LogP contribution >= 0.6 is 24.0 Å². The Morgan fingerprint density at radius 1 is 1.07 bits per heavy atom. The summed E-state index contributed by atoms with van der Waals surface area (Å²) in [6.45, 7) is 1.17. The highest BCUT2D eigenvalue weighted by atomic mass is 127. The van der Waals surface area contributed by atoms with Crippen molar-refractivity contribution in [2.24, 2.45) is 4.99 Å². The molecule has 0 spiro atoms. The van der Waals surface area contributed by atoms with Crippen LogP contribution in [0.5, 0.6) is 0 Å². The van der Waals surface area contributed by atoms with E-state index in [1.54, 1.807) is 25.2 Å². The van der Waals surface area contributed by atoms with E-state index in [-0.39, 0.29) is 41.0 Å². The quantitative estimate of drug-likeness (QED) is 0.270. The van der Waals surface area contributed by atoms with Gasteiger partial charge in [0.2, 0.25) is 10.0 Å². The summed E-state index contributed by atoms with van der Waals surface area (Å²) in [4.78, 5) is 4.24. The second-order valence-electron chi connectivity index (χ2n) is 7.32. The van der Waals surface area contributed by atoms with E-state index in [1.807, 2.05) is 24.3 Å². The number of benzene rings is 2. The first kappa shape index (κ1) is 24.5. The molecule has 1 aliphatic carbocycles. The van der Waals surface area contributed by atoms with E-state index < -0.39 is 10.0 Å². The van der Waals surface area contributed by atoms with Crippen molar-refractivity contribution in [2.75, 3.05) is 20.6 Å². The Kier molecular flexibility index (Phi) is 8.62. The van der Waals surface area contributed by atoms with E-state index in [0.717, 1.165) is 29.5 Å². The lowest BCUT2D eigenvalue weighted by Crippen LogP contribution is -2.41. The molecule has 0 unspecified atom stereocenters. The number of hydrogen-bond acceptors (Lipinski definition) is 3. The van der Waals surface area contributed by atoms with E-state index in [1.165, 1.54) is 13.1 Å². The van der Waals surface area contributed by atoms with Gasteiger partial charge < -0.3 is 10.6 Å². The molecule has 3 N–H and O–H groups in total. The molecule has 1 fully saturated rings. The second-order valence-corrected chi connectivity index (χ2v) is 9.25. The van der Waals surface area contributed by atoms with Crippen molar-refractivity contribution in [3.8, 4) is 0 Å². The molecule has 0 heterocycles. The second kappa shape index (κ2) is 10.5. The Labute approximate surface area is 194 Å². The summed E-state index contributed by atoms with van der Waals surface area (Å²) in [5, 5.41) is 6.55. The van der Waals surface area contributed by atoms with E-state index in [9.17, 15) is 12.8 Å². The highest BCUT2D eigenvalue weighted by molar-refractivity contribution is 14.0. The number of rotatable bonds is 8.